The smallest absolute Gasteiger partial charge is 0.274 e. The van der Waals surface area contributed by atoms with E-state index >= 15 is 0 Å². The number of rotatable bonds is 1. The van der Waals surface area contributed by atoms with Gasteiger partial charge >= 0.3 is 0 Å². The molecule has 3 heterocycles. The maximum absolute atomic E-state index is 12.3. The van der Waals surface area contributed by atoms with Crippen molar-refractivity contribution in [3.8, 4) is 0 Å². The number of carbonyl (C=O) groups is 1. The van der Waals surface area contributed by atoms with E-state index in [-0.39, 0.29) is 5.91 Å². The fourth-order valence-corrected chi connectivity index (χ4v) is 2.32. The van der Waals surface area contributed by atoms with E-state index in [0.717, 1.165) is 30.8 Å². The molecule has 2 aliphatic heterocycles. The first kappa shape index (κ1) is 10.7. The quantitative estimate of drug-likeness (QED) is 0.691. The monoisotopic (exact) mass is 236 g/mol. The molecule has 0 saturated carbocycles. The molecule has 6 heteroatoms. The molecule has 2 aliphatic rings. The molecule has 1 saturated heterocycles. The number of amides is 1. The average Bonchev–Trinajstić information content (AvgIpc) is 2.83. The number of aromatic nitrogens is 2. The van der Waals surface area contributed by atoms with Gasteiger partial charge in [-0.3, -0.25) is 9.89 Å². The van der Waals surface area contributed by atoms with Crippen LogP contribution in [0.4, 0.5) is 0 Å². The lowest BCUT2D eigenvalue weighted by Gasteiger charge is -2.26. The topological polar surface area (TPSA) is 70.2 Å². The summed E-state index contributed by atoms with van der Waals surface area (Å²) in [5.41, 5.74) is 2.71. The highest BCUT2D eigenvalue weighted by molar-refractivity contribution is 5.94. The fourth-order valence-electron chi connectivity index (χ4n) is 2.32. The lowest BCUT2D eigenvalue weighted by molar-refractivity contribution is 0.0298. The molecule has 0 atom stereocenters. The van der Waals surface area contributed by atoms with Gasteiger partial charge in [0.25, 0.3) is 5.91 Å². The Morgan fingerprint density at radius 3 is 3.00 bits per heavy atom. The van der Waals surface area contributed by atoms with Crippen molar-refractivity contribution in [1.82, 2.24) is 20.4 Å². The third-order valence-corrected chi connectivity index (χ3v) is 3.31. The number of ether oxygens (including phenoxy) is 1. The highest BCUT2D eigenvalue weighted by Crippen LogP contribution is 2.17. The molecule has 0 spiro atoms. The zero-order valence-corrected chi connectivity index (χ0v) is 9.66. The van der Waals surface area contributed by atoms with Crippen LogP contribution < -0.4 is 5.32 Å². The summed E-state index contributed by atoms with van der Waals surface area (Å²) >= 11 is 0. The van der Waals surface area contributed by atoms with Crippen molar-refractivity contribution in [2.24, 2.45) is 0 Å². The Morgan fingerprint density at radius 2 is 2.18 bits per heavy atom. The first-order chi connectivity index (χ1) is 8.36. The van der Waals surface area contributed by atoms with Gasteiger partial charge in [-0.25, -0.2) is 0 Å². The van der Waals surface area contributed by atoms with Crippen LogP contribution in [0.3, 0.4) is 0 Å². The Hall–Kier alpha value is -1.40. The van der Waals surface area contributed by atoms with E-state index in [1.807, 2.05) is 4.90 Å². The molecule has 0 aromatic carbocycles. The van der Waals surface area contributed by atoms with E-state index in [0.29, 0.717) is 32.0 Å². The summed E-state index contributed by atoms with van der Waals surface area (Å²) in [6.07, 6.45) is 0.915. The van der Waals surface area contributed by atoms with Crippen LogP contribution in [0.5, 0.6) is 0 Å². The SMILES string of the molecule is O=C(c1n[nH]c2c1CNCC2)N1CCOCC1. The molecule has 17 heavy (non-hydrogen) atoms. The Bertz CT molecular complexity index is 423. The van der Waals surface area contributed by atoms with Crippen LogP contribution >= 0.6 is 0 Å². The van der Waals surface area contributed by atoms with Crippen molar-refractivity contribution in [2.75, 3.05) is 32.8 Å². The van der Waals surface area contributed by atoms with Crippen LogP contribution in [0.25, 0.3) is 0 Å². The first-order valence-electron chi connectivity index (χ1n) is 6.00. The Labute approximate surface area is 99.3 Å². The number of morpholine rings is 1. The predicted octanol–water partition coefficient (Wildman–Crippen LogP) is -0.472. The van der Waals surface area contributed by atoms with Gasteiger partial charge in [-0.1, -0.05) is 0 Å². The second-order valence-electron chi connectivity index (χ2n) is 4.36. The number of nitrogens with zero attached hydrogens (tertiary/aromatic N) is 2. The third kappa shape index (κ3) is 1.94. The van der Waals surface area contributed by atoms with E-state index in [1.54, 1.807) is 0 Å². The number of hydrogen-bond donors (Lipinski definition) is 2. The molecule has 0 unspecified atom stereocenters. The summed E-state index contributed by atoms with van der Waals surface area (Å²) in [6.45, 7) is 4.24. The van der Waals surface area contributed by atoms with E-state index < -0.39 is 0 Å². The normalized spacial score (nSPS) is 20.1. The van der Waals surface area contributed by atoms with Crippen LogP contribution in [0.2, 0.25) is 0 Å². The summed E-state index contributed by atoms with van der Waals surface area (Å²) in [5, 5.41) is 10.4. The molecule has 0 radical (unpaired) electrons. The maximum atomic E-state index is 12.3. The number of fused-ring (bicyclic) bond motifs is 1. The van der Waals surface area contributed by atoms with Gasteiger partial charge in [0.05, 0.1) is 13.2 Å². The number of H-pyrrole nitrogens is 1. The minimum absolute atomic E-state index is 0.0227. The van der Waals surface area contributed by atoms with Gasteiger partial charge in [0.2, 0.25) is 0 Å². The zero-order valence-electron chi connectivity index (χ0n) is 9.66. The third-order valence-electron chi connectivity index (χ3n) is 3.31. The van der Waals surface area contributed by atoms with E-state index in [4.69, 9.17) is 4.74 Å². The standard InChI is InChI=1S/C11H16N4O2/c16-11(15-3-5-17-6-4-15)10-8-7-12-2-1-9(8)13-14-10/h12H,1-7H2,(H,13,14). The second-order valence-corrected chi connectivity index (χ2v) is 4.36. The Balaban J connectivity index is 1.83. The van der Waals surface area contributed by atoms with Crippen molar-refractivity contribution in [3.05, 3.63) is 17.0 Å². The molecule has 6 nitrogen and oxygen atoms in total. The largest absolute Gasteiger partial charge is 0.378 e. The van der Waals surface area contributed by atoms with E-state index in [2.05, 4.69) is 15.5 Å². The first-order valence-corrected chi connectivity index (χ1v) is 6.00. The molecule has 1 aromatic heterocycles. The van der Waals surface area contributed by atoms with Crippen molar-refractivity contribution >= 4 is 5.91 Å². The second kappa shape index (κ2) is 4.46. The Morgan fingerprint density at radius 1 is 1.35 bits per heavy atom. The number of nitrogens with one attached hydrogen (secondary N) is 2. The Kier molecular flexibility index (Phi) is 2.82. The zero-order chi connectivity index (χ0) is 11.7. The van der Waals surface area contributed by atoms with Crippen molar-refractivity contribution in [2.45, 2.75) is 13.0 Å². The van der Waals surface area contributed by atoms with Crippen LogP contribution in [0.1, 0.15) is 21.7 Å². The van der Waals surface area contributed by atoms with Gasteiger partial charge in [0.1, 0.15) is 0 Å². The number of hydrogen-bond acceptors (Lipinski definition) is 4. The number of carbonyl (C=O) groups excluding carboxylic acids is 1. The van der Waals surface area contributed by atoms with Gasteiger partial charge in [0.15, 0.2) is 5.69 Å². The van der Waals surface area contributed by atoms with Gasteiger partial charge in [-0.05, 0) is 0 Å². The summed E-state index contributed by atoms with van der Waals surface area (Å²) in [4.78, 5) is 14.1. The van der Waals surface area contributed by atoms with Gasteiger partial charge in [-0.2, -0.15) is 5.10 Å². The minimum Gasteiger partial charge on any atom is -0.378 e. The molecule has 92 valence electrons. The summed E-state index contributed by atoms with van der Waals surface area (Å²) in [7, 11) is 0. The van der Waals surface area contributed by atoms with Gasteiger partial charge < -0.3 is 15.0 Å². The molecule has 0 bridgehead atoms. The highest BCUT2D eigenvalue weighted by atomic mass is 16.5. The number of aromatic amines is 1. The molecular weight excluding hydrogens is 220 g/mol. The minimum atomic E-state index is 0.0227. The molecule has 2 N–H and O–H groups in total. The van der Waals surface area contributed by atoms with Gasteiger partial charge in [-0.15, -0.1) is 0 Å². The van der Waals surface area contributed by atoms with Crippen LogP contribution in [-0.4, -0.2) is 53.9 Å². The molecule has 1 fully saturated rings. The average molecular weight is 236 g/mol. The summed E-state index contributed by atoms with van der Waals surface area (Å²) in [6, 6.07) is 0. The fraction of sp³-hybridized carbons (Fsp3) is 0.636. The lowest BCUT2D eigenvalue weighted by atomic mass is 10.1. The molecule has 3 rings (SSSR count). The molecular formula is C11H16N4O2. The maximum Gasteiger partial charge on any atom is 0.274 e. The van der Waals surface area contributed by atoms with E-state index in [1.165, 1.54) is 0 Å². The predicted molar refractivity (Wildman–Crippen MR) is 60.7 cm³/mol. The van der Waals surface area contributed by atoms with Crippen LogP contribution in [0.15, 0.2) is 0 Å². The van der Waals surface area contributed by atoms with Crippen LogP contribution in [-0.2, 0) is 17.7 Å². The van der Waals surface area contributed by atoms with Crippen molar-refractivity contribution in [3.63, 3.8) is 0 Å². The van der Waals surface area contributed by atoms with E-state index in [9.17, 15) is 4.79 Å². The molecule has 0 aliphatic carbocycles. The lowest BCUT2D eigenvalue weighted by Crippen LogP contribution is -2.41. The summed E-state index contributed by atoms with van der Waals surface area (Å²) < 4.78 is 5.25. The van der Waals surface area contributed by atoms with Crippen molar-refractivity contribution < 1.29 is 9.53 Å². The molecule has 1 aromatic rings. The summed E-state index contributed by atoms with van der Waals surface area (Å²) in [5.74, 6) is 0.0227. The van der Waals surface area contributed by atoms with Gasteiger partial charge in [0, 0.05) is 43.9 Å². The van der Waals surface area contributed by atoms with Crippen LogP contribution in [0, 0.1) is 0 Å². The molecule has 1 amide bonds. The van der Waals surface area contributed by atoms with Crippen molar-refractivity contribution in [1.29, 1.82) is 0 Å². The highest BCUT2D eigenvalue weighted by Gasteiger charge is 2.26.